The summed E-state index contributed by atoms with van der Waals surface area (Å²) >= 11 is 0.312. The third-order valence-corrected chi connectivity index (χ3v) is 2.50. The molecule has 0 aromatic rings. The van der Waals surface area contributed by atoms with Crippen LogP contribution in [0.3, 0.4) is 0 Å². The normalized spacial score (nSPS) is 23.9. The lowest BCUT2D eigenvalue weighted by atomic mass is 10.1. The molecule has 0 aliphatic carbocycles. The molecular formula is C6H10N2O3S. The summed E-state index contributed by atoms with van der Waals surface area (Å²) < 4.78 is 10.4. The van der Waals surface area contributed by atoms with E-state index in [9.17, 15) is 9.00 Å². The van der Waals surface area contributed by atoms with E-state index in [4.69, 9.17) is 10.8 Å². The van der Waals surface area contributed by atoms with Crippen LogP contribution < -0.4 is 5.73 Å². The number of piperidine rings is 1. The van der Waals surface area contributed by atoms with E-state index in [2.05, 4.69) is 0 Å². The molecule has 1 heterocycles. The van der Waals surface area contributed by atoms with Crippen LogP contribution >= 0.6 is 0 Å². The van der Waals surface area contributed by atoms with Gasteiger partial charge in [0, 0.05) is 6.54 Å². The van der Waals surface area contributed by atoms with Crippen LogP contribution in [0, 0.1) is 0 Å². The number of nitrogens with zero attached hydrogens (tertiary/aromatic N) is 1. The minimum atomic E-state index is -1.06. The van der Waals surface area contributed by atoms with Gasteiger partial charge >= 0.3 is 6.09 Å². The van der Waals surface area contributed by atoms with Gasteiger partial charge in [-0.15, -0.1) is 0 Å². The maximum atomic E-state index is 10.5. The van der Waals surface area contributed by atoms with Gasteiger partial charge in [0.15, 0.2) is 0 Å². The van der Waals surface area contributed by atoms with E-state index >= 15 is 0 Å². The number of nitrogens with two attached hydrogens (primary N) is 1. The highest BCUT2D eigenvalue weighted by Gasteiger charge is 2.27. The van der Waals surface area contributed by atoms with Crippen LogP contribution in [0.5, 0.6) is 0 Å². The molecule has 1 aliphatic rings. The van der Waals surface area contributed by atoms with Crippen molar-refractivity contribution >= 4 is 22.2 Å². The largest absolute Gasteiger partial charge is 0.465 e. The van der Waals surface area contributed by atoms with E-state index in [-0.39, 0.29) is 0 Å². The van der Waals surface area contributed by atoms with Gasteiger partial charge in [-0.05, 0) is 12.8 Å². The van der Waals surface area contributed by atoms with Gasteiger partial charge in [0.25, 0.3) is 0 Å². The Morgan fingerprint density at radius 2 is 2.42 bits per heavy atom. The summed E-state index contributed by atoms with van der Waals surface area (Å²) in [5, 5.41) is 8.64. The number of carboxylic acid groups (broad SMARTS) is 1. The van der Waals surface area contributed by atoms with Crippen molar-refractivity contribution in [1.82, 2.24) is 4.90 Å². The van der Waals surface area contributed by atoms with Crippen molar-refractivity contribution in [1.29, 1.82) is 0 Å². The maximum Gasteiger partial charge on any atom is 0.408 e. The number of likely N-dealkylation sites (tertiary alicyclic amines) is 1. The minimum absolute atomic E-state index is 0.312. The molecule has 0 spiro atoms. The second-order valence-corrected chi connectivity index (χ2v) is 3.27. The van der Waals surface area contributed by atoms with E-state index in [1.807, 2.05) is 0 Å². The Hall–Kier alpha value is -0.880. The standard InChI is InChI=1S/C6H10N2O3S/c7-5-4(12-11)2-1-3-8(5)6(9)10/h5H,1-3,7H2,(H,9,10). The molecule has 1 amide bonds. The second-order valence-electron chi connectivity index (χ2n) is 2.57. The first-order chi connectivity index (χ1) is 5.66. The van der Waals surface area contributed by atoms with Gasteiger partial charge < -0.3 is 10.8 Å². The quantitative estimate of drug-likeness (QED) is 0.501. The first-order valence-electron chi connectivity index (χ1n) is 3.57. The molecular weight excluding hydrogens is 180 g/mol. The van der Waals surface area contributed by atoms with E-state index < -0.39 is 12.3 Å². The summed E-state index contributed by atoms with van der Waals surface area (Å²) in [6.07, 6.45) is -0.476. The van der Waals surface area contributed by atoms with Gasteiger partial charge in [-0.3, -0.25) is 4.90 Å². The predicted octanol–water partition coefficient (Wildman–Crippen LogP) is -0.570. The lowest BCUT2D eigenvalue weighted by Gasteiger charge is -2.30. The molecule has 1 atom stereocenters. The van der Waals surface area contributed by atoms with Crippen LogP contribution in [-0.2, 0) is 11.3 Å². The Kier molecular flexibility index (Phi) is 2.83. The Morgan fingerprint density at radius 3 is 2.92 bits per heavy atom. The fourth-order valence-corrected chi connectivity index (χ4v) is 1.64. The summed E-state index contributed by atoms with van der Waals surface area (Å²) in [5.74, 6) is 0. The molecule has 1 fully saturated rings. The van der Waals surface area contributed by atoms with Crippen molar-refractivity contribution < 1.29 is 14.1 Å². The lowest BCUT2D eigenvalue weighted by Crippen LogP contribution is -2.53. The van der Waals surface area contributed by atoms with Crippen molar-refractivity contribution in [2.75, 3.05) is 6.54 Å². The Labute approximate surface area is 73.2 Å². The summed E-state index contributed by atoms with van der Waals surface area (Å²) in [6, 6.07) is 0. The molecule has 0 aromatic carbocycles. The summed E-state index contributed by atoms with van der Waals surface area (Å²) in [6.45, 7) is 0.417. The van der Waals surface area contributed by atoms with E-state index in [1.54, 1.807) is 0 Å². The molecule has 3 N–H and O–H groups in total. The topological polar surface area (TPSA) is 83.6 Å². The number of hydrogen-bond acceptors (Lipinski definition) is 3. The smallest absolute Gasteiger partial charge is 0.408 e. The molecule has 1 unspecified atom stereocenters. The highest BCUT2D eigenvalue weighted by atomic mass is 32.1. The van der Waals surface area contributed by atoms with E-state index in [0.29, 0.717) is 35.5 Å². The highest BCUT2D eigenvalue weighted by molar-refractivity contribution is 7.66. The molecule has 6 heteroatoms. The number of rotatable bonds is 0. The van der Waals surface area contributed by atoms with Gasteiger partial charge in [-0.1, -0.05) is 0 Å². The van der Waals surface area contributed by atoms with Gasteiger partial charge in [0.1, 0.15) is 6.17 Å². The molecule has 1 saturated heterocycles. The molecule has 68 valence electrons. The molecule has 0 aromatic heterocycles. The van der Waals surface area contributed by atoms with Crippen LogP contribution in [0.2, 0.25) is 0 Å². The molecule has 0 radical (unpaired) electrons. The number of amides is 1. The predicted molar refractivity (Wildman–Crippen MR) is 45.1 cm³/mol. The monoisotopic (exact) mass is 190 g/mol. The average molecular weight is 190 g/mol. The molecule has 5 nitrogen and oxygen atoms in total. The van der Waals surface area contributed by atoms with Crippen molar-refractivity contribution in [3.8, 4) is 0 Å². The number of carbonyl (C=O) groups is 1. The van der Waals surface area contributed by atoms with Crippen LogP contribution in [0.25, 0.3) is 0 Å². The molecule has 12 heavy (non-hydrogen) atoms. The zero-order valence-corrected chi connectivity index (χ0v) is 7.21. The van der Waals surface area contributed by atoms with Gasteiger partial charge in [0.2, 0.25) is 0 Å². The Bertz CT molecular complexity index is 249. The van der Waals surface area contributed by atoms with Crippen LogP contribution in [0.15, 0.2) is 0 Å². The van der Waals surface area contributed by atoms with E-state index in [0.717, 1.165) is 4.90 Å². The number of hydrogen-bond donors (Lipinski definition) is 2. The van der Waals surface area contributed by atoms with Gasteiger partial charge in [-0.2, -0.15) is 0 Å². The fourth-order valence-electron chi connectivity index (χ4n) is 1.19. The Balaban J connectivity index is 2.79. The summed E-state index contributed by atoms with van der Waals surface area (Å²) in [7, 11) is 0. The van der Waals surface area contributed by atoms with Gasteiger partial charge in [0.05, 0.1) is 16.1 Å². The molecule has 1 rings (SSSR count). The molecule has 0 saturated carbocycles. The van der Waals surface area contributed by atoms with Crippen molar-refractivity contribution in [2.45, 2.75) is 19.0 Å². The molecule has 0 bridgehead atoms. The van der Waals surface area contributed by atoms with Crippen molar-refractivity contribution in [2.24, 2.45) is 5.73 Å². The first kappa shape index (κ1) is 9.21. The molecule has 1 aliphatic heterocycles. The van der Waals surface area contributed by atoms with Crippen LogP contribution in [-0.4, -0.2) is 37.9 Å². The SMILES string of the molecule is NC1C(=S=O)CCCN1C(=O)O. The van der Waals surface area contributed by atoms with Crippen LogP contribution in [0.1, 0.15) is 12.8 Å². The minimum Gasteiger partial charge on any atom is -0.465 e. The van der Waals surface area contributed by atoms with Crippen LogP contribution in [0.4, 0.5) is 4.79 Å². The zero-order chi connectivity index (χ0) is 9.14. The maximum absolute atomic E-state index is 10.5. The fraction of sp³-hybridized carbons (Fsp3) is 0.667. The Morgan fingerprint density at radius 1 is 1.75 bits per heavy atom. The summed E-state index contributed by atoms with van der Waals surface area (Å²) in [5.41, 5.74) is 5.52. The van der Waals surface area contributed by atoms with Crippen molar-refractivity contribution in [3.05, 3.63) is 0 Å². The highest BCUT2D eigenvalue weighted by Crippen LogP contribution is 2.09. The van der Waals surface area contributed by atoms with E-state index in [1.165, 1.54) is 0 Å². The third-order valence-electron chi connectivity index (χ3n) is 1.84. The average Bonchev–Trinajstić information content (AvgIpc) is 2.04. The zero-order valence-electron chi connectivity index (χ0n) is 6.40. The lowest BCUT2D eigenvalue weighted by molar-refractivity contribution is 0.134. The second kappa shape index (κ2) is 3.68. The third kappa shape index (κ3) is 1.64. The summed E-state index contributed by atoms with van der Waals surface area (Å²) in [4.78, 5) is 12.1. The van der Waals surface area contributed by atoms with Crippen molar-refractivity contribution in [3.63, 3.8) is 0 Å². The first-order valence-corrected chi connectivity index (χ1v) is 4.31. The van der Waals surface area contributed by atoms with Gasteiger partial charge in [-0.25, -0.2) is 9.00 Å².